The van der Waals surface area contributed by atoms with Crippen molar-refractivity contribution in [2.45, 2.75) is 63.5 Å². The highest BCUT2D eigenvalue weighted by atomic mass is 32.2. The summed E-state index contributed by atoms with van der Waals surface area (Å²) < 4.78 is 3.45. The van der Waals surface area contributed by atoms with Crippen LogP contribution >= 0.6 is 11.8 Å². The van der Waals surface area contributed by atoms with Gasteiger partial charge in [-0.3, -0.25) is 18.6 Å². The van der Waals surface area contributed by atoms with E-state index in [9.17, 15) is 14.9 Å². The lowest BCUT2D eigenvalue weighted by Gasteiger charge is -2.28. The van der Waals surface area contributed by atoms with Gasteiger partial charge in [0.1, 0.15) is 5.54 Å². The number of carbonyl (C=O) groups is 1. The zero-order valence-corrected chi connectivity index (χ0v) is 18.7. The predicted molar refractivity (Wildman–Crippen MR) is 117 cm³/mol. The van der Waals surface area contributed by atoms with Gasteiger partial charge in [-0.05, 0) is 38.3 Å². The van der Waals surface area contributed by atoms with Crippen molar-refractivity contribution in [1.29, 1.82) is 5.26 Å². The van der Waals surface area contributed by atoms with Gasteiger partial charge in [0.2, 0.25) is 11.7 Å². The van der Waals surface area contributed by atoms with Crippen molar-refractivity contribution in [3.8, 4) is 6.07 Å². The number of benzene rings is 1. The molecule has 30 heavy (non-hydrogen) atoms. The monoisotopic (exact) mass is 426 g/mol. The summed E-state index contributed by atoms with van der Waals surface area (Å²) in [7, 11) is 0. The molecule has 1 amide bonds. The molecule has 0 saturated heterocycles. The van der Waals surface area contributed by atoms with Crippen molar-refractivity contribution in [2.24, 2.45) is 5.92 Å². The number of hydrogen-bond donors (Lipinski definition) is 1. The highest BCUT2D eigenvalue weighted by Crippen LogP contribution is 2.26. The van der Waals surface area contributed by atoms with Crippen LogP contribution in [-0.4, -0.2) is 35.9 Å². The van der Waals surface area contributed by atoms with Gasteiger partial charge >= 0.3 is 0 Å². The molecule has 3 rings (SSSR count). The predicted octanol–water partition coefficient (Wildman–Crippen LogP) is 2.99. The summed E-state index contributed by atoms with van der Waals surface area (Å²) >= 11 is 1.25. The molecule has 1 N–H and O–H groups in total. The molecule has 0 spiro atoms. The molecule has 0 radical (unpaired) electrons. The Bertz CT molecular complexity index is 1190. The van der Waals surface area contributed by atoms with E-state index in [1.165, 1.54) is 11.8 Å². The van der Waals surface area contributed by atoms with Gasteiger partial charge < -0.3 is 5.32 Å². The molecule has 0 fully saturated rings. The number of aryl methyl sites for hydroxylation is 1. The highest BCUT2D eigenvalue weighted by molar-refractivity contribution is 8.00. The number of aromatic nitrogens is 4. The maximum atomic E-state index is 12.9. The number of para-hydroxylation sites is 1. The number of thioether (sulfide) groups is 1. The third-order valence-corrected chi connectivity index (χ3v) is 6.39. The number of rotatable bonds is 7. The third kappa shape index (κ3) is 3.79. The molecule has 0 unspecified atom stereocenters. The van der Waals surface area contributed by atoms with Crippen LogP contribution in [0.1, 0.15) is 41.0 Å². The normalized spacial score (nSPS) is 14.6. The zero-order valence-electron chi connectivity index (χ0n) is 17.8. The van der Waals surface area contributed by atoms with Crippen LogP contribution in [0.15, 0.2) is 34.2 Å². The van der Waals surface area contributed by atoms with Crippen molar-refractivity contribution in [2.75, 3.05) is 0 Å². The first-order valence-electron chi connectivity index (χ1n) is 10.00. The summed E-state index contributed by atoms with van der Waals surface area (Å²) in [6.07, 6.45) is 0.782. The van der Waals surface area contributed by atoms with E-state index in [1.54, 1.807) is 24.5 Å². The van der Waals surface area contributed by atoms with Gasteiger partial charge in [0, 0.05) is 6.54 Å². The molecule has 0 saturated carbocycles. The first-order chi connectivity index (χ1) is 14.2. The van der Waals surface area contributed by atoms with E-state index in [1.807, 2.05) is 43.4 Å². The standard InChI is InChI=1S/C21H26N6O2S/c1-6-11-26-18(29)15-9-7-8-10-16(15)27-19(26)24-25-20(27)30-14(4)17(28)23-21(5,12-22)13(2)3/h7-10,13-14H,6,11H2,1-5H3,(H,23,28)/t14-,21-/m0/s1. The summed E-state index contributed by atoms with van der Waals surface area (Å²) in [5.74, 6) is 0.172. The molecule has 9 heteroatoms. The number of hydrogen-bond acceptors (Lipinski definition) is 6. The minimum absolute atomic E-state index is 0.0370. The number of fused-ring (bicyclic) bond motifs is 3. The van der Waals surface area contributed by atoms with Crippen LogP contribution in [0.3, 0.4) is 0 Å². The zero-order chi connectivity index (χ0) is 22.1. The second-order valence-corrected chi connectivity index (χ2v) is 9.12. The van der Waals surface area contributed by atoms with Crippen molar-refractivity contribution in [3.63, 3.8) is 0 Å². The fourth-order valence-corrected chi connectivity index (χ4v) is 3.96. The Hall–Kier alpha value is -2.86. The van der Waals surface area contributed by atoms with Gasteiger partial charge in [-0.1, -0.05) is 44.7 Å². The Kier molecular flexibility index (Phi) is 6.17. The van der Waals surface area contributed by atoms with Gasteiger partial charge in [0.05, 0.1) is 22.2 Å². The smallest absolute Gasteiger partial charge is 0.262 e. The van der Waals surface area contributed by atoms with Gasteiger partial charge in [0.15, 0.2) is 5.16 Å². The molecule has 0 bridgehead atoms. The maximum absolute atomic E-state index is 12.9. The quantitative estimate of drug-likeness (QED) is 0.582. The molecular formula is C21H26N6O2S. The SMILES string of the molecule is CCCn1c(=O)c2ccccc2n2c(S[C@@H](C)C(=O)N[C@@](C)(C#N)C(C)C)nnc12. The maximum Gasteiger partial charge on any atom is 0.262 e. The second kappa shape index (κ2) is 8.48. The van der Waals surface area contributed by atoms with E-state index in [0.717, 1.165) is 6.42 Å². The van der Waals surface area contributed by atoms with Crippen molar-refractivity contribution >= 4 is 34.3 Å². The first kappa shape index (κ1) is 21.8. The van der Waals surface area contributed by atoms with Crippen LogP contribution < -0.4 is 10.9 Å². The van der Waals surface area contributed by atoms with E-state index in [2.05, 4.69) is 21.6 Å². The summed E-state index contributed by atoms with van der Waals surface area (Å²) in [6.45, 7) is 9.80. The van der Waals surface area contributed by atoms with E-state index < -0.39 is 10.8 Å². The average molecular weight is 427 g/mol. The Morgan fingerprint density at radius 3 is 2.63 bits per heavy atom. The van der Waals surface area contributed by atoms with Gasteiger partial charge in [-0.2, -0.15) is 5.26 Å². The first-order valence-corrected chi connectivity index (χ1v) is 10.9. The minimum atomic E-state index is -0.951. The number of amides is 1. The number of carbonyl (C=O) groups excluding carboxylic acids is 1. The molecule has 2 aromatic heterocycles. The number of nitriles is 1. The molecule has 158 valence electrons. The van der Waals surface area contributed by atoms with Gasteiger partial charge in [-0.25, -0.2) is 0 Å². The lowest BCUT2D eigenvalue weighted by molar-refractivity contribution is -0.121. The van der Waals surface area contributed by atoms with Crippen LogP contribution in [-0.2, 0) is 11.3 Å². The molecule has 0 aliphatic rings. The Labute approximate surface area is 179 Å². The average Bonchev–Trinajstić information content (AvgIpc) is 3.14. The second-order valence-electron chi connectivity index (χ2n) is 7.81. The number of nitrogens with zero attached hydrogens (tertiary/aromatic N) is 5. The summed E-state index contributed by atoms with van der Waals surface area (Å²) in [4.78, 5) is 25.7. The van der Waals surface area contributed by atoms with Crippen LogP contribution in [0.25, 0.3) is 16.7 Å². The van der Waals surface area contributed by atoms with E-state index in [0.29, 0.717) is 28.4 Å². The summed E-state index contributed by atoms with van der Waals surface area (Å²) in [6, 6.07) is 9.51. The summed E-state index contributed by atoms with van der Waals surface area (Å²) in [5.41, 5.74) is -0.349. The summed E-state index contributed by atoms with van der Waals surface area (Å²) in [5, 5.41) is 21.4. The lowest BCUT2D eigenvalue weighted by Crippen LogP contribution is -2.51. The molecule has 2 heterocycles. The Morgan fingerprint density at radius 1 is 1.30 bits per heavy atom. The molecule has 2 atom stereocenters. The largest absolute Gasteiger partial charge is 0.337 e. The molecule has 0 aliphatic heterocycles. The van der Waals surface area contributed by atoms with Crippen LogP contribution in [0.5, 0.6) is 0 Å². The highest BCUT2D eigenvalue weighted by Gasteiger charge is 2.32. The Morgan fingerprint density at radius 2 is 2.00 bits per heavy atom. The van der Waals surface area contributed by atoms with E-state index in [4.69, 9.17) is 0 Å². The number of nitrogens with one attached hydrogen (secondary N) is 1. The lowest BCUT2D eigenvalue weighted by atomic mass is 9.90. The molecular weight excluding hydrogens is 400 g/mol. The van der Waals surface area contributed by atoms with Crippen LogP contribution in [0, 0.1) is 17.2 Å². The van der Waals surface area contributed by atoms with Crippen molar-refractivity contribution < 1.29 is 4.79 Å². The fraction of sp³-hybridized carbons (Fsp3) is 0.476. The van der Waals surface area contributed by atoms with Crippen LogP contribution in [0.2, 0.25) is 0 Å². The Balaban J connectivity index is 2.03. The van der Waals surface area contributed by atoms with Gasteiger partial charge in [-0.15, -0.1) is 10.2 Å². The molecule has 8 nitrogen and oxygen atoms in total. The van der Waals surface area contributed by atoms with Crippen LogP contribution in [0.4, 0.5) is 0 Å². The van der Waals surface area contributed by atoms with Crippen molar-refractivity contribution in [3.05, 3.63) is 34.6 Å². The van der Waals surface area contributed by atoms with E-state index in [-0.39, 0.29) is 17.4 Å². The topological polar surface area (TPSA) is 105 Å². The molecule has 3 aromatic rings. The minimum Gasteiger partial charge on any atom is -0.337 e. The van der Waals surface area contributed by atoms with Crippen molar-refractivity contribution in [1.82, 2.24) is 24.5 Å². The fourth-order valence-electron chi connectivity index (χ4n) is 3.11. The van der Waals surface area contributed by atoms with Gasteiger partial charge in [0.25, 0.3) is 5.56 Å². The molecule has 1 aromatic carbocycles. The third-order valence-electron chi connectivity index (χ3n) is 5.35. The molecule has 0 aliphatic carbocycles. The van der Waals surface area contributed by atoms with E-state index >= 15 is 0 Å².